The third kappa shape index (κ3) is 3.18. The molecule has 1 aromatic heterocycles. The van der Waals surface area contributed by atoms with Crippen LogP contribution >= 0.6 is 0 Å². The van der Waals surface area contributed by atoms with Gasteiger partial charge in [0.05, 0.1) is 11.7 Å². The number of nitrogens with one attached hydrogen (secondary N) is 1. The number of pyridine rings is 1. The average molecular weight is 258 g/mol. The van der Waals surface area contributed by atoms with E-state index in [-0.39, 0.29) is 11.9 Å². The SMILES string of the molecule is CCNC(c1cccc(F)c1)c1ncccc1CC. The topological polar surface area (TPSA) is 24.9 Å². The number of nitrogens with zero attached hydrogens (tertiary/aromatic N) is 1. The van der Waals surface area contributed by atoms with E-state index in [1.54, 1.807) is 18.3 Å². The van der Waals surface area contributed by atoms with Gasteiger partial charge in [0.25, 0.3) is 0 Å². The van der Waals surface area contributed by atoms with Gasteiger partial charge < -0.3 is 5.32 Å². The lowest BCUT2D eigenvalue weighted by Crippen LogP contribution is -2.24. The highest BCUT2D eigenvalue weighted by Gasteiger charge is 2.17. The molecular weight excluding hydrogens is 239 g/mol. The quantitative estimate of drug-likeness (QED) is 0.888. The van der Waals surface area contributed by atoms with Gasteiger partial charge in [-0.15, -0.1) is 0 Å². The zero-order chi connectivity index (χ0) is 13.7. The molecule has 2 rings (SSSR count). The molecule has 2 nitrogen and oxygen atoms in total. The standard InChI is InChI=1S/C16H19FN2/c1-3-12-8-6-10-19-15(12)16(18-4-2)13-7-5-9-14(17)11-13/h5-11,16,18H,3-4H2,1-2H3. The normalized spacial score (nSPS) is 12.4. The first-order valence-electron chi connectivity index (χ1n) is 6.68. The number of hydrogen-bond donors (Lipinski definition) is 1. The molecule has 0 aliphatic heterocycles. The summed E-state index contributed by atoms with van der Waals surface area (Å²) in [5.74, 6) is -0.214. The van der Waals surface area contributed by atoms with E-state index in [1.165, 1.54) is 11.6 Å². The van der Waals surface area contributed by atoms with E-state index in [0.29, 0.717) is 0 Å². The van der Waals surface area contributed by atoms with Gasteiger partial charge in [-0.2, -0.15) is 0 Å². The summed E-state index contributed by atoms with van der Waals surface area (Å²) < 4.78 is 13.4. The van der Waals surface area contributed by atoms with Crippen LogP contribution in [0.5, 0.6) is 0 Å². The second kappa shape index (κ2) is 6.43. The van der Waals surface area contributed by atoms with Gasteiger partial charge in [-0.25, -0.2) is 4.39 Å². The van der Waals surface area contributed by atoms with E-state index in [9.17, 15) is 4.39 Å². The molecule has 0 amide bonds. The van der Waals surface area contributed by atoms with E-state index < -0.39 is 0 Å². The fourth-order valence-corrected chi connectivity index (χ4v) is 2.27. The van der Waals surface area contributed by atoms with E-state index in [1.807, 2.05) is 19.1 Å². The zero-order valence-electron chi connectivity index (χ0n) is 11.4. The molecular formula is C16H19FN2. The number of rotatable bonds is 5. The average Bonchev–Trinajstić information content (AvgIpc) is 2.45. The Bertz CT molecular complexity index is 540. The smallest absolute Gasteiger partial charge is 0.123 e. The van der Waals surface area contributed by atoms with E-state index in [4.69, 9.17) is 0 Å². The molecule has 0 saturated carbocycles. The number of hydrogen-bond acceptors (Lipinski definition) is 2. The van der Waals surface area contributed by atoms with Crippen molar-refractivity contribution in [2.45, 2.75) is 26.3 Å². The maximum Gasteiger partial charge on any atom is 0.123 e. The van der Waals surface area contributed by atoms with Crippen molar-refractivity contribution in [3.63, 3.8) is 0 Å². The lowest BCUT2D eigenvalue weighted by atomic mass is 9.98. The Hall–Kier alpha value is -1.74. The van der Waals surface area contributed by atoms with Crippen molar-refractivity contribution < 1.29 is 4.39 Å². The summed E-state index contributed by atoms with van der Waals surface area (Å²) in [5, 5.41) is 3.39. The third-order valence-corrected chi connectivity index (χ3v) is 3.17. The molecule has 3 heteroatoms. The fourth-order valence-electron chi connectivity index (χ4n) is 2.27. The van der Waals surface area contributed by atoms with Crippen LogP contribution in [0.2, 0.25) is 0 Å². The first kappa shape index (κ1) is 13.7. The molecule has 0 saturated heterocycles. The molecule has 0 radical (unpaired) electrons. The maximum absolute atomic E-state index is 13.4. The van der Waals surface area contributed by atoms with Crippen LogP contribution in [0, 0.1) is 5.82 Å². The van der Waals surface area contributed by atoms with Gasteiger partial charge in [0, 0.05) is 6.20 Å². The van der Waals surface area contributed by atoms with Crippen molar-refractivity contribution in [1.82, 2.24) is 10.3 Å². The molecule has 1 unspecified atom stereocenters. The van der Waals surface area contributed by atoms with Gasteiger partial charge in [-0.05, 0) is 42.3 Å². The van der Waals surface area contributed by atoms with Crippen molar-refractivity contribution in [3.05, 3.63) is 65.2 Å². The molecule has 0 aliphatic carbocycles. The molecule has 2 aromatic rings. The van der Waals surface area contributed by atoms with Crippen LogP contribution < -0.4 is 5.32 Å². The highest BCUT2D eigenvalue weighted by molar-refractivity contribution is 5.33. The molecule has 1 aromatic carbocycles. The largest absolute Gasteiger partial charge is 0.305 e. The van der Waals surface area contributed by atoms with Crippen LogP contribution in [0.4, 0.5) is 4.39 Å². The first-order chi connectivity index (χ1) is 9.26. The maximum atomic E-state index is 13.4. The van der Waals surface area contributed by atoms with E-state index >= 15 is 0 Å². The first-order valence-corrected chi connectivity index (χ1v) is 6.68. The highest BCUT2D eigenvalue weighted by Crippen LogP contribution is 2.24. The lowest BCUT2D eigenvalue weighted by Gasteiger charge is -2.20. The number of benzene rings is 1. The predicted octanol–water partition coefficient (Wildman–Crippen LogP) is 3.48. The van der Waals surface area contributed by atoms with Gasteiger partial charge in [0.2, 0.25) is 0 Å². The van der Waals surface area contributed by atoms with Gasteiger partial charge in [0.15, 0.2) is 0 Å². The highest BCUT2D eigenvalue weighted by atomic mass is 19.1. The van der Waals surface area contributed by atoms with Gasteiger partial charge in [-0.3, -0.25) is 4.98 Å². The summed E-state index contributed by atoms with van der Waals surface area (Å²) in [6, 6.07) is 10.7. The van der Waals surface area contributed by atoms with Gasteiger partial charge in [0.1, 0.15) is 5.82 Å². The molecule has 0 spiro atoms. The zero-order valence-corrected chi connectivity index (χ0v) is 11.4. The summed E-state index contributed by atoms with van der Waals surface area (Å²) in [7, 11) is 0. The summed E-state index contributed by atoms with van der Waals surface area (Å²) >= 11 is 0. The molecule has 1 atom stereocenters. The minimum Gasteiger partial charge on any atom is -0.305 e. The molecule has 0 bridgehead atoms. The Labute approximate surface area is 113 Å². The van der Waals surface area contributed by atoms with Gasteiger partial charge >= 0.3 is 0 Å². The summed E-state index contributed by atoms with van der Waals surface area (Å²) in [6.45, 7) is 4.96. The molecule has 19 heavy (non-hydrogen) atoms. The molecule has 0 aliphatic rings. The van der Waals surface area contributed by atoms with E-state index in [0.717, 1.165) is 24.2 Å². The second-order valence-corrected chi connectivity index (χ2v) is 4.45. The van der Waals surface area contributed by atoms with Crippen LogP contribution in [0.3, 0.4) is 0 Å². The van der Waals surface area contributed by atoms with Crippen molar-refractivity contribution in [2.24, 2.45) is 0 Å². The Kier molecular flexibility index (Phi) is 4.63. The Morgan fingerprint density at radius 2 is 2.05 bits per heavy atom. The number of aryl methyl sites for hydroxylation is 1. The number of aromatic nitrogens is 1. The summed E-state index contributed by atoms with van der Waals surface area (Å²) in [6.07, 6.45) is 2.71. The lowest BCUT2D eigenvalue weighted by molar-refractivity contribution is 0.592. The Morgan fingerprint density at radius 3 is 2.74 bits per heavy atom. The molecule has 1 heterocycles. The minimum absolute atomic E-state index is 0.0585. The van der Waals surface area contributed by atoms with Crippen molar-refractivity contribution in [3.8, 4) is 0 Å². The van der Waals surface area contributed by atoms with Crippen molar-refractivity contribution >= 4 is 0 Å². The van der Waals surface area contributed by atoms with Crippen molar-refractivity contribution in [1.29, 1.82) is 0 Å². The van der Waals surface area contributed by atoms with E-state index in [2.05, 4.69) is 23.3 Å². The van der Waals surface area contributed by atoms with Crippen LogP contribution in [0.15, 0.2) is 42.6 Å². The summed E-state index contributed by atoms with van der Waals surface area (Å²) in [5.41, 5.74) is 3.09. The van der Waals surface area contributed by atoms with Crippen molar-refractivity contribution in [2.75, 3.05) is 6.54 Å². The van der Waals surface area contributed by atoms with Crippen LogP contribution in [-0.2, 0) is 6.42 Å². The van der Waals surface area contributed by atoms with Crippen LogP contribution in [0.1, 0.15) is 36.7 Å². The van der Waals surface area contributed by atoms with Crippen LogP contribution in [0.25, 0.3) is 0 Å². The third-order valence-electron chi connectivity index (χ3n) is 3.17. The van der Waals surface area contributed by atoms with Crippen LogP contribution in [-0.4, -0.2) is 11.5 Å². The molecule has 0 fully saturated rings. The molecule has 1 N–H and O–H groups in total. The fraction of sp³-hybridized carbons (Fsp3) is 0.312. The predicted molar refractivity (Wildman–Crippen MR) is 75.5 cm³/mol. The summed E-state index contributed by atoms with van der Waals surface area (Å²) in [4.78, 5) is 4.49. The Morgan fingerprint density at radius 1 is 1.21 bits per heavy atom. The second-order valence-electron chi connectivity index (χ2n) is 4.45. The minimum atomic E-state index is -0.214. The Balaban J connectivity index is 2.45. The number of halogens is 1. The monoisotopic (exact) mass is 258 g/mol. The van der Waals surface area contributed by atoms with Gasteiger partial charge in [-0.1, -0.05) is 32.0 Å². The molecule has 100 valence electrons.